The fraction of sp³-hybridized carbons (Fsp3) is 0.240. The Bertz CT molecular complexity index is 1590. The summed E-state index contributed by atoms with van der Waals surface area (Å²) >= 11 is 0. The zero-order chi connectivity index (χ0) is 29.5. The lowest BCUT2D eigenvalue weighted by Crippen LogP contribution is -2.28. The first-order valence-corrected chi connectivity index (χ1v) is 12.4. The third kappa shape index (κ3) is 7.05. The first-order valence-electron chi connectivity index (χ1n) is 12.4. The van der Waals surface area contributed by atoms with Crippen molar-refractivity contribution in [2.45, 2.75) is 13.3 Å². The molecular weight excluding hydrogens is 536 g/mol. The molecule has 0 saturated carbocycles. The largest absolute Gasteiger partial charge is 0.461 e. The molecule has 0 aliphatic carbocycles. The van der Waals surface area contributed by atoms with Gasteiger partial charge >= 0.3 is 5.97 Å². The van der Waals surface area contributed by atoms with Crippen molar-refractivity contribution in [3.63, 3.8) is 0 Å². The van der Waals surface area contributed by atoms with E-state index in [0.717, 1.165) is 0 Å². The Hall–Kier alpha value is -5.67. The van der Waals surface area contributed by atoms with Gasteiger partial charge in [0.25, 0.3) is 17.7 Å². The van der Waals surface area contributed by atoms with E-state index < -0.39 is 29.6 Å². The number of aryl methyl sites for hydroxylation is 2. The minimum atomic E-state index is -0.559. The van der Waals surface area contributed by atoms with E-state index in [9.17, 15) is 24.0 Å². The standard InChI is InChI=1S/C25H28N10O6/c1-4-41-25(40)17-10-15(12-29-17)31-24(39)21-33-18(13-35(21)3)32-19(36)5-6-27-22(37)16-9-14(11-28-16)30-23(38)20-26-7-8-34(20)2/h7-13,28-29H,4-6H2,1-3H3,(H,27,37)(H,30,38)(H,31,39)(H,32,36). The van der Waals surface area contributed by atoms with Crippen LogP contribution in [-0.4, -0.2) is 71.8 Å². The number of H-pyrrole nitrogens is 2. The first-order chi connectivity index (χ1) is 19.6. The van der Waals surface area contributed by atoms with Crippen molar-refractivity contribution in [3.8, 4) is 0 Å². The number of rotatable bonds is 11. The Morgan fingerprint density at radius 2 is 1.54 bits per heavy atom. The van der Waals surface area contributed by atoms with Crippen molar-refractivity contribution in [2.75, 3.05) is 29.1 Å². The van der Waals surface area contributed by atoms with Gasteiger partial charge in [0.05, 0.1) is 18.0 Å². The number of carbonyl (C=O) groups excluding carboxylic acids is 5. The van der Waals surface area contributed by atoms with E-state index in [1.54, 1.807) is 31.8 Å². The highest BCUT2D eigenvalue weighted by Gasteiger charge is 2.18. The lowest BCUT2D eigenvalue weighted by atomic mass is 10.3. The van der Waals surface area contributed by atoms with Gasteiger partial charge in [0.15, 0.2) is 11.6 Å². The minimum absolute atomic E-state index is 0.0186. The first kappa shape index (κ1) is 28.3. The summed E-state index contributed by atoms with van der Waals surface area (Å²) in [6, 6.07) is 2.89. The van der Waals surface area contributed by atoms with E-state index >= 15 is 0 Å². The molecule has 4 amide bonds. The molecule has 0 unspecified atom stereocenters. The Kier molecular flexibility index (Phi) is 8.61. The molecule has 4 rings (SSSR count). The molecule has 0 aliphatic rings. The molecule has 4 aromatic rings. The molecule has 0 fully saturated rings. The Labute approximate surface area is 232 Å². The topological polar surface area (TPSA) is 210 Å². The fourth-order valence-electron chi connectivity index (χ4n) is 3.68. The number of imidazole rings is 2. The molecule has 41 heavy (non-hydrogen) atoms. The second-order valence-electron chi connectivity index (χ2n) is 8.71. The third-order valence-electron chi connectivity index (χ3n) is 5.63. The summed E-state index contributed by atoms with van der Waals surface area (Å²) in [7, 11) is 3.27. The number of anilines is 3. The number of hydrogen-bond acceptors (Lipinski definition) is 8. The van der Waals surface area contributed by atoms with Crippen molar-refractivity contribution < 1.29 is 28.7 Å². The molecule has 16 heteroatoms. The van der Waals surface area contributed by atoms with Crippen LogP contribution in [0.3, 0.4) is 0 Å². The second kappa shape index (κ2) is 12.5. The van der Waals surface area contributed by atoms with Crippen molar-refractivity contribution in [3.05, 3.63) is 66.2 Å². The average molecular weight is 565 g/mol. The molecule has 4 heterocycles. The fourth-order valence-corrected chi connectivity index (χ4v) is 3.68. The summed E-state index contributed by atoms with van der Waals surface area (Å²) < 4.78 is 7.90. The van der Waals surface area contributed by atoms with E-state index in [1.807, 2.05) is 0 Å². The lowest BCUT2D eigenvalue weighted by molar-refractivity contribution is -0.116. The van der Waals surface area contributed by atoms with Gasteiger partial charge in [-0.05, 0) is 19.1 Å². The summed E-state index contributed by atoms with van der Waals surface area (Å²) in [5.41, 5.74) is 1.10. The van der Waals surface area contributed by atoms with E-state index in [1.165, 1.54) is 41.5 Å². The van der Waals surface area contributed by atoms with Crippen LogP contribution in [0, 0.1) is 0 Å². The number of esters is 1. The summed E-state index contributed by atoms with van der Waals surface area (Å²) in [4.78, 5) is 75.1. The highest BCUT2D eigenvalue weighted by molar-refractivity contribution is 6.04. The van der Waals surface area contributed by atoms with Crippen molar-refractivity contribution in [1.82, 2.24) is 34.4 Å². The number of hydrogen-bond donors (Lipinski definition) is 6. The smallest absolute Gasteiger partial charge is 0.354 e. The summed E-state index contributed by atoms with van der Waals surface area (Å²) in [6.07, 6.45) is 7.45. The number of carbonyl (C=O) groups is 5. The van der Waals surface area contributed by atoms with E-state index in [2.05, 4.69) is 41.2 Å². The normalized spacial score (nSPS) is 10.6. The second-order valence-corrected chi connectivity index (χ2v) is 8.71. The molecule has 0 radical (unpaired) electrons. The van der Waals surface area contributed by atoms with Crippen molar-refractivity contribution >= 4 is 46.8 Å². The number of aromatic nitrogens is 6. The highest BCUT2D eigenvalue weighted by Crippen LogP contribution is 2.14. The maximum absolute atomic E-state index is 12.6. The average Bonchev–Trinajstić information content (AvgIpc) is 3.72. The van der Waals surface area contributed by atoms with E-state index in [0.29, 0.717) is 11.4 Å². The molecule has 16 nitrogen and oxygen atoms in total. The SMILES string of the molecule is CCOC(=O)c1cc(NC(=O)c2nc(NC(=O)CCNC(=O)c3cc(NC(=O)c4nccn4C)c[nH]3)cn2C)c[nH]1. The molecule has 0 spiro atoms. The van der Waals surface area contributed by atoms with Crippen LogP contribution in [0.4, 0.5) is 17.2 Å². The van der Waals surface area contributed by atoms with Gasteiger partial charge in [-0.25, -0.2) is 14.8 Å². The molecule has 0 atom stereocenters. The third-order valence-corrected chi connectivity index (χ3v) is 5.63. The number of amides is 4. The minimum Gasteiger partial charge on any atom is -0.461 e. The van der Waals surface area contributed by atoms with Gasteiger partial charge in [-0.3, -0.25) is 19.2 Å². The van der Waals surface area contributed by atoms with Gasteiger partial charge in [-0.15, -0.1) is 0 Å². The predicted octanol–water partition coefficient (Wildman–Crippen LogP) is 1.25. The van der Waals surface area contributed by atoms with Gasteiger partial charge < -0.3 is 45.1 Å². The number of aromatic amines is 2. The monoisotopic (exact) mass is 564 g/mol. The molecular formula is C25H28N10O6. The Balaban J connectivity index is 1.23. The summed E-state index contributed by atoms with van der Waals surface area (Å²) in [5, 5.41) is 10.5. The van der Waals surface area contributed by atoms with Crippen LogP contribution in [0.1, 0.15) is 55.6 Å². The predicted molar refractivity (Wildman–Crippen MR) is 145 cm³/mol. The van der Waals surface area contributed by atoms with Crippen molar-refractivity contribution in [2.24, 2.45) is 14.1 Å². The number of nitrogens with one attached hydrogen (secondary N) is 6. The van der Waals surface area contributed by atoms with Crippen LogP contribution >= 0.6 is 0 Å². The Morgan fingerprint density at radius 3 is 2.20 bits per heavy atom. The number of ether oxygens (including phenoxy) is 1. The van der Waals surface area contributed by atoms with Gasteiger partial charge in [0, 0.05) is 58.0 Å². The quantitative estimate of drug-likeness (QED) is 0.146. The van der Waals surface area contributed by atoms with Crippen LogP contribution < -0.4 is 21.3 Å². The van der Waals surface area contributed by atoms with E-state index in [-0.39, 0.29) is 48.4 Å². The molecule has 0 aromatic carbocycles. The molecule has 6 N–H and O–H groups in total. The van der Waals surface area contributed by atoms with Gasteiger partial charge in [0.1, 0.15) is 11.4 Å². The van der Waals surface area contributed by atoms with Crippen LogP contribution in [0.25, 0.3) is 0 Å². The van der Waals surface area contributed by atoms with Gasteiger partial charge in [-0.2, -0.15) is 0 Å². The lowest BCUT2D eigenvalue weighted by Gasteiger charge is -2.04. The zero-order valence-corrected chi connectivity index (χ0v) is 22.4. The summed E-state index contributed by atoms with van der Waals surface area (Å²) in [6.45, 7) is 1.93. The van der Waals surface area contributed by atoms with Crippen molar-refractivity contribution in [1.29, 1.82) is 0 Å². The Morgan fingerprint density at radius 1 is 0.878 bits per heavy atom. The van der Waals surface area contributed by atoms with E-state index in [4.69, 9.17) is 4.74 Å². The molecule has 214 valence electrons. The van der Waals surface area contributed by atoms with Crippen LogP contribution in [-0.2, 0) is 23.6 Å². The highest BCUT2D eigenvalue weighted by atomic mass is 16.5. The van der Waals surface area contributed by atoms with Gasteiger partial charge in [-0.1, -0.05) is 0 Å². The van der Waals surface area contributed by atoms with Crippen LogP contribution in [0.15, 0.2) is 43.1 Å². The molecule has 0 bridgehead atoms. The number of nitrogens with zero attached hydrogens (tertiary/aromatic N) is 4. The maximum Gasteiger partial charge on any atom is 0.354 e. The zero-order valence-electron chi connectivity index (χ0n) is 22.4. The van der Waals surface area contributed by atoms with Crippen LogP contribution in [0.5, 0.6) is 0 Å². The van der Waals surface area contributed by atoms with Gasteiger partial charge in [0.2, 0.25) is 11.7 Å². The molecule has 0 saturated heterocycles. The molecule has 0 aliphatic heterocycles. The summed E-state index contributed by atoms with van der Waals surface area (Å²) in [5.74, 6) is -2.06. The van der Waals surface area contributed by atoms with Crippen LogP contribution in [0.2, 0.25) is 0 Å². The molecule has 4 aromatic heterocycles. The maximum atomic E-state index is 12.6.